The normalized spacial score (nSPS) is 23.3. The molecular formula is C17H23N3O3. The van der Waals surface area contributed by atoms with E-state index in [0.29, 0.717) is 26.1 Å². The van der Waals surface area contributed by atoms with Crippen molar-refractivity contribution in [2.45, 2.75) is 18.9 Å². The van der Waals surface area contributed by atoms with E-state index in [-0.39, 0.29) is 11.8 Å². The van der Waals surface area contributed by atoms with Crippen molar-refractivity contribution in [1.29, 1.82) is 0 Å². The number of amides is 2. The molecule has 0 aliphatic carbocycles. The van der Waals surface area contributed by atoms with Gasteiger partial charge in [0.2, 0.25) is 11.8 Å². The number of ether oxygens (including phenoxy) is 1. The molecule has 6 nitrogen and oxygen atoms in total. The molecule has 6 heteroatoms. The molecule has 2 saturated heterocycles. The van der Waals surface area contributed by atoms with Crippen molar-refractivity contribution < 1.29 is 14.3 Å². The van der Waals surface area contributed by atoms with Crippen LogP contribution in [0.2, 0.25) is 0 Å². The number of allylic oxidation sites excluding steroid dienone is 4. The number of carbonyl (C=O) groups excluding carboxylic acids is 2. The molecule has 0 aromatic rings. The first kappa shape index (κ1) is 17.0. The van der Waals surface area contributed by atoms with Crippen molar-refractivity contribution in [3.63, 3.8) is 0 Å². The molecule has 2 aliphatic heterocycles. The summed E-state index contributed by atoms with van der Waals surface area (Å²) >= 11 is 0. The zero-order valence-electron chi connectivity index (χ0n) is 13.2. The van der Waals surface area contributed by atoms with Gasteiger partial charge in [0, 0.05) is 30.9 Å². The van der Waals surface area contributed by atoms with Crippen LogP contribution in [-0.4, -0.2) is 49.1 Å². The Morgan fingerprint density at radius 1 is 1.30 bits per heavy atom. The minimum absolute atomic E-state index is 0.224. The van der Waals surface area contributed by atoms with Gasteiger partial charge in [-0.05, 0) is 24.6 Å². The Bertz CT molecular complexity index is 545. The third-order valence-electron chi connectivity index (χ3n) is 3.77. The number of carbonyl (C=O) groups is 2. The number of imide groups is 1. The number of nitrogens with zero attached hydrogens (tertiary/aromatic N) is 1. The Kier molecular flexibility index (Phi) is 6.17. The van der Waals surface area contributed by atoms with Gasteiger partial charge in [-0.15, -0.1) is 0 Å². The van der Waals surface area contributed by atoms with E-state index in [1.54, 1.807) is 12.2 Å². The number of morpholine rings is 1. The first-order chi connectivity index (χ1) is 11.1. The van der Waals surface area contributed by atoms with Crippen molar-refractivity contribution in [3.05, 3.63) is 48.9 Å². The second-order valence-corrected chi connectivity index (χ2v) is 5.38. The van der Waals surface area contributed by atoms with Crippen LogP contribution < -0.4 is 10.6 Å². The van der Waals surface area contributed by atoms with Crippen molar-refractivity contribution in [1.82, 2.24) is 15.5 Å². The second kappa shape index (κ2) is 8.33. The van der Waals surface area contributed by atoms with Crippen LogP contribution in [0.15, 0.2) is 48.9 Å². The fraction of sp³-hybridized carbons (Fsp3) is 0.412. The third-order valence-corrected chi connectivity index (χ3v) is 3.77. The summed E-state index contributed by atoms with van der Waals surface area (Å²) < 4.78 is 5.37. The zero-order valence-corrected chi connectivity index (χ0v) is 13.2. The Morgan fingerprint density at radius 3 is 2.65 bits per heavy atom. The van der Waals surface area contributed by atoms with Gasteiger partial charge in [0.1, 0.15) is 6.04 Å². The minimum Gasteiger partial charge on any atom is -0.378 e. The van der Waals surface area contributed by atoms with Gasteiger partial charge in [-0.1, -0.05) is 19.2 Å². The molecule has 1 atom stereocenters. The number of rotatable bonds is 6. The van der Waals surface area contributed by atoms with Gasteiger partial charge in [-0.2, -0.15) is 0 Å². The summed E-state index contributed by atoms with van der Waals surface area (Å²) in [5, 5.41) is 5.49. The molecule has 0 saturated carbocycles. The Hall–Kier alpha value is -2.34. The summed E-state index contributed by atoms with van der Waals surface area (Å²) in [4.78, 5) is 25.3. The summed E-state index contributed by atoms with van der Waals surface area (Å²) in [5.74, 6) is -0.521. The highest BCUT2D eigenvalue weighted by Gasteiger charge is 2.26. The van der Waals surface area contributed by atoms with Crippen molar-refractivity contribution >= 4 is 11.8 Å². The smallest absolute Gasteiger partial charge is 0.249 e. The van der Waals surface area contributed by atoms with E-state index in [1.807, 2.05) is 12.2 Å². The lowest BCUT2D eigenvalue weighted by molar-refractivity contribution is -0.134. The quantitative estimate of drug-likeness (QED) is 0.561. The van der Waals surface area contributed by atoms with Crippen LogP contribution in [0.3, 0.4) is 0 Å². The van der Waals surface area contributed by atoms with Crippen LogP contribution in [0.1, 0.15) is 12.8 Å². The van der Waals surface area contributed by atoms with E-state index in [9.17, 15) is 9.59 Å². The molecule has 0 spiro atoms. The topological polar surface area (TPSA) is 70.7 Å². The molecule has 0 bridgehead atoms. The molecule has 2 fully saturated rings. The van der Waals surface area contributed by atoms with E-state index < -0.39 is 6.04 Å². The van der Waals surface area contributed by atoms with Gasteiger partial charge >= 0.3 is 0 Å². The maximum absolute atomic E-state index is 11.9. The number of nitrogens with one attached hydrogen (secondary N) is 2. The molecule has 2 N–H and O–H groups in total. The number of hydrogen-bond donors (Lipinski definition) is 2. The zero-order chi connectivity index (χ0) is 16.7. The Labute approximate surface area is 136 Å². The standard InChI is InChI=1S/C17H23N3O3/c1-3-5-14(20-8-10-23-11-9-20)12-13(4-2)18-15-6-7-16(21)19-17(15)22/h3-5,12,15,18H,1-2,6-11H2,(H,19,21,22)/b13-12+,14-5+. The molecule has 124 valence electrons. The fourth-order valence-corrected chi connectivity index (χ4v) is 2.54. The van der Waals surface area contributed by atoms with Crippen molar-refractivity contribution in [3.8, 4) is 0 Å². The molecule has 1 unspecified atom stereocenters. The van der Waals surface area contributed by atoms with Gasteiger partial charge in [0.15, 0.2) is 0 Å². The molecule has 2 aliphatic rings. The maximum atomic E-state index is 11.9. The van der Waals surface area contributed by atoms with Gasteiger partial charge < -0.3 is 15.0 Å². The summed E-state index contributed by atoms with van der Waals surface area (Å²) in [6.07, 6.45) is 8.07. The molecule has 0 radical (unpaired) electrons. The Morgan fingerprint density at radius 2 is 2.04 bits per heavy atom. The van der Waals surface area contributed by atoms with Crippen LogP contribution in [0.4, 0.5) is 0 Å². The number of piperidine rings is 1. The van der Waals surface area contributed by atoms with Crippen LogP contribution in [0.5, 0.6) is 0 Å². The lowest BCUT2D eigenvalue weighted by Crippen LogP contribution is -2.50. The summed E-state index contributed by atoms with van der Waals surface area (Å²) in [6, 6.07) is -0.424. The average molecular weight is 317 g/mol. The highest BCUT2D eigenvalue weighted by Crippen LogP contribution is 2.13. The summed E-state index contributed by atoms with van der Waals surface area (Å²) in [7, 11) is 0. The van der Waals surface area contributed by atoms with Gasteiger partial charge in [0.05, 0.1) is 13.2 Å². The van der Waals surface area contributed by atoms with E-state index in [4.69, 9.17) is 4.74 Å². The van der Waals surface area contributed by atoms with E-state index in [1.165, 1.54) is 0 Å². The first-order valence-electron chi connectivity index (χ1n) is 7.74. The predicted octanol–water partition coefficient (Wildman–Crippen LogP) is 0.853. The average Bonchev–Trinajstić information content (AvgIpc) is 2.56. The second-order valence-electron chi connectivity index (χ2n) is 5.38. The van der Waals surface area contributed by atoms with E-state index in [2.05, 4.69) is 28.7 Å². The number of hydrogen-bond acceptors (Lipinski definition) is 5. The van der Waals surface area contributed by atoms with Gasteiger partial charge in [0.25, 0.3) is 0 Å². The predicted molar refractivity (Wildman–Crippen MR) is 88.3 cm³/mol. The highest BCUT2D eigenvalue weighted by molar-refractivity contribution is 6.00. The Balaban J connectivity index is 2.10. The molecule has 0 aromatic carbocycles. The molecule has 0 aromatic heterocycles. The fourth-order valence-electron chi connectivity index (χ4n) is 2.54. The van der Waals surface area contributed by atoms with Gasteiger partial charge in [-0.25, -0.2) is 0 Å². The molecule has 2 amide bonds. The SMILES string of the molecule is C=C/C=C(\C=C(/C=C)NC1CCC(=O)NC1=O)N1CCOCC1. The highest BCUT2D eigenvalue weighted by atomic mass is 16.5. The van der Waals surface area contributed by atoms with Crippen LogP contribution in [-0.2, 0) is 14.3 Å². The molecule has 2 rings (SSSR count). The molecule has 2 heterocycles. The first-order valence-corrected chi connectivity index (χ1v) is 7.74. The van der Waals surface area contributed by atoms with E-state index >= 15 is 0 Å². The van der Waals surface area contributed by atoms with Gasteiger partial charge in [-0.3, -0.25) is 14.9 Å². The molecular weight excluding hydrogens is 294 g/mol. The maximum Gasteiger partial charge on any atom is 0.249 e. The van der Waals surface area contributed by atoms with Crippen molar-refractivity contribution in [2.24, 2.45) is 0 Å². The monoisotopic (exact) mass is 317 g/mol. The minimum atomic E-state index is -0.424. The third kappa shape index (κ3) is 4.82. The summed E-state index contributed by atoms with van der Waals surface area (Å²) in [6.45, 7) is 10.5. The lowest BCUT2D eigenvalue weighted by Gasteiger charge is -2.30. The van der Waals surface area contributed by atoms with E-state index in [0.717, 1.165) is 24.5 Å². The largest absolute Gasteiger partial charge is 0.378 e. The van der Waals surface area contributed by atoms with Crippen LogP contribution >= 0.6 is 0 Å². The van der Waals surface area contributed by atoms with Crippen molar-refractivity contribution in [2.75, 3.05) is 26.3 Å². The summed E-state index contributed by atoms with van der Waals surface area (Å²) in [5.41, 5.74) is 1.72. The lowest BCUT2D eigenvalue weighted by atomic mass is 10.1. The van der Waals surface area contributed by atoms with Crippen LogP contribution in [0.25, 0.3) is 0 Å². The van der Waals surface area contributed by atoms with Crippen LogP contribution in [0, 0.1) is 0 Å². The molecule has 23 heavy (non-hydrogen) atoms.